The summed E-state index contributed by atoms with van der Waals surface area (Å²) in [5, 5.41) is 8.15. The van der Waals surface area contributed by atoms with Gasteiger partial charge >= 0.3 is 0 Å². The van der Waals surface area contributed by atoms with Gasteiger partial charge in [0.05, 0.1) is 0 Å². The van der Waals surface area contributed by atoms with Crippen LogP contribution in [0.5, 0.6) is 0 Å². The summed E-state index contributed by atoms with van der Waals surface area (Å²) < 4.78 is 3.62. The first kappa shape index (κ1) is 8.86. The molecule has 0 amide bonds. The van der Waals surface area contributed by atoms with Crippen LogP contribution in [0.25, 0.3) is 0 Å². The summed E-state index contributed by atoms with van der Waals surface area (Å²) in [4.78, 5) is 8.05. The third-order valence-corrected chi connectivity index (χ3v) is 1.90. The molecule has 14 heavy (non-hydrogen) atoms. The molecule has 0 aliphatic heterocycles. The lowest BCUT2D eigenvalue weighted by Gasteiger charge is -2.03. The molecule has 0 radical (unpaired) electrons. The predicted octanol–water partition coefficient (Wildman–Crippen LogP) is 0.328. The number of rotatable bonds is 4. The molecule has 74 valence electrons. The van der Waals surface area contributed by atoms with Crippen molar-refractivity contribution in [1.82, 2.24) is 29.5 Å². The van der Waals surface area contributed by atoms with E-state index in [4.69, 9.17) is 0 Å². The van der Waals surface area contributed by atoms with Crippen molar-refractivity contribution in [2.45, 2.75) is 26.4 Å². The summed E-state index contributed by atoms with van der Waals surface area (Å²) in [6, 6.07) is 0. The minimum absolute atomic E-state index is 0.625. The first-order valence-electron chi connectivity index (χ1n) is 4.59. The molecule has 0 aliphatic carbocycles. The standard InChI is InChI=1S/C8H12N6/c1-2-3-14-8(10-6-12-14)4-13-7-9-5-11-13/h5-7H,2-4H2,1H3. The van der Waals surface area contributed by atoms with Crippen LogP contribution in [0.3, 0.4) is 0 Å². The smallest absolute Gasteiger partial charge is 0.148 e. The highest BCUT2D eigenvalue weighted by Gasteiger charge is 2.03. The molecule has 6 heteroatoms. The van der Waals surface area contributed by atoms with Gasteiger partial charge in [-0.2, -0.15) is 10.2 Å². The Morgan fingerprint density at radius 3 is 2.93 bits per heavy atom. The van der Waals surface area contributed by atoms with Gasteiger partial charge < -0.3 is 0 Å². The summed E-state index contributed by atoms with van der Waals surface area (Å²) in [5.41, 5.74) is 0. The van der Waals surface area contributed by atoms with Crippen LogP contribution in [0.15, 0.2) is 19.0 Å². The van der Waals surface area contributed by atoms with E-state index in [1.807, 2.05) is 4.68 Å². The van der Waals surface area contributed by atoms with Gasteiger partial charge in [0, 0.05) is 6.54 Å². The lowest BCUT2D eigenvalue weighted by atomic mass is 10.5. The topological polar surface area (TPSA) is 61.4 Å². The lowest BCUT2D eigenvalue weighted by molar-refractivity contribution is 0.538. The van der Waals surface area contributed by atoms with Crippen molar-refractivity contribution in [3.05, 3.63) is 24.8 Å². The zero-order valence-corrected chi connectivity index (χ0v) is 8.04. The molecule has 0 saturated heterocycles. The molecule has 0 atom stereocenters. The number of hydrogen-bond donors (Lipinski definition) is 0. The van der Waals surface area contributed by atoms with Crippen LogP contribution >= 0.6 is 0 Å². The van der Waals surface area contributed by atoms with Gasteiger partial charge in [-0.1, -0.05) is 6.92 Å². The molecular weight excluding hydrogens is 180 g/mol. The van der Waals surface area contributed by atoms with Crippen LogP contribution in [0.2, 0.25) is 0 Å². The zero-order chi connectivity index (χ0) is 9.80. The molecule has 2 rings (SSSR count). The van der Waals surface area contributed by atoms with Crippen LogP contribution in [0.1, 0.15) is 19.2 Å². The first-order valence-corrected chi connectivity index (χ1v) is 4.59. The Morgan fingerprint density at radius 2 is 2.21 bits per heavy atom. The lowest BCUT2D eigenvalue weighted by Crippen LogP contribution is -2.10. The molecule has 0 aromatic carbocycles. The molecular formula is C8H12N6. The van der Waals surface area contributed by atoms with Crippen molar-refractivity contribution in [1.29, 1.82) is 0 Å². The van der Waals surface area contributed by atoms with Gasteiger partial charge in [-0.25, -0.2) is 19.3 Å². The van der Waals surface area contributed by atoms with Gasteiger partial charge in [0.15, 0.2) is 0 Å². The Bertz CT molecular complexity index is 376. The van der Waals surface area contributed by atoms with Crippen molar-refractivity contribution in [2.24, 2.45) is 0 Å². The number of nitrogens with zero attached hydrogens (tertiary/aromatic N) is 6. The molecule has 0 fully saturated rings. The maximum absolute atomic E-state index is 4.17. The highest BCUT2D eigenvalue weighted by molar-refractivity contribution is 4.84. The molecule has 0 N–H and O–H groups in total. The van der Waals surface area contributed by atoms with Crippen LogP contribution in [0.4, 0.5) is 0 Å². The Hall–Kier alpha value is -1.72. The number of aryl methyl sites for hydroxylation is 1. The van der Waals surface area contributed by atoms with Crippen LogP contribution in [0, 0.1) is 0 Å². The quantitative estimate of drug-likeness (QED) is 0.700. The van der Waals surface area contributed by atoms with E-state index in [-0.39, 0.29) is 0 Å². The van der Waals surface area contributed by atoms with Crippen molar-refractivity contribution >= 4 is 0 Å². The minimum Gasteiger partial charge on any atom is -0.248 e. The Morgan fingerprint density at radius 1 is 1.29 bits per heavy atom. The number of hydrogen-bond acceptors (Lipinski definition) is 4. The first-order chi connectivity index (χ1) is 6.90. The second kappa shape index (κ2) is 3.99. The Kier molecular flexibility index (Phi) is 2.53. The normalized spacial score (nSPS) is 10.6. The SMILES string of the molecule is CCCn1ncnc1Cn1cncn1. The van der Waals surface area contributed by atoms with Gasteiger partial charge in [-0.05, 0) is 6.42 Å². The molecule has 0 unspecified atom stereocenters. The Labute approximate surface area is 81.6 Å². The maximum atomic E-state index is 4.17. The third-order valence-electron chi connectivity index (χ3n) is 1.90. The number of aromatic nitrogens is 6. The third kappa shape index (κ3) is 1.78. The monoisotopic (exact) mass is 192 g/mol. The molecule has 0 aliphatic rings. The van der Waals surface area contributed by atoms with Crippen LogP contribution in [-0.2, 0) is 13.1 Å². The molecule has 2 aromatic rings. The highest BCUT2D eigenvalue weighted by atomic mass is 15.4. The van der Waals surface area contributed by atoms with Crippen molar-refractivity contribution in [2.75, 3.05) is 0 Å². The average Bonchev–Trinajstić information content (AvgIpc) is 2.80. The van der Waals surface area contributed by atoms with E-state index < -0.39 is 0 Å². The zero-order valence-electron chi connectivity index (χ0n) is 8.04. The van der Waals surface area contributed by atoms with Gasteiger partial charge in [0.2, 0.25) is 0 Å². The fourth-order valence-electron chi connectivity index (χ4n) is 1.27. The summed E-state index contributed by atoms with van der Waals surface area (Å²) in [6.07, 6.45) is 5.81. The van der Waals surface area contributed by atoms with Gasteiger partial charge in [-0.3, -0.25) is 0 Å². The van der Waals surface area contributed by atoms with Crippen molar-refractivity contribution in [3.8, 4) is 0 Å². The van der Waals surface area contributed by atoms with E-state index in [1.165, 1.54) is 6.33 Å². The van der Waals surface area contributed by atoms with E-state index in [9.17, 15) is 0 Å². The summed E-state index contributed by atoms with van der Waals surface area (Å²) in [7, 11) is 0. The second-order valence-corrected chi connectivity index (χ2v) is 2.99. The molecule has 0 bridgehead atoms. The van der Waals surface area contributed by atoms with Gasteiger partial charge in [0.1, 0.15) is 31.4 Å². The van der Waals surface area contributed by atoms with E-state index >= 15 is 0 Å². The van der Waals surface area contributed by atoms with Gasteiger partial charge in [-0.15, -0.1) is 0 Å². The van der Waals surface area contributed by atoms with E-state index in [2.05, 4.69) is 27.1 Å². The highest BCUT2D eigenvalue weighted by Crippen LogP contribution is 1.97. The molecule has 2 heterocycles. The summed E-state index contributed by atoms with van der Waals surface area (Å²) >= 11 is 0. The van der Waals surface area contributed by atoms with E-state index in [0.717, 1.165) is 18.8 Å². The maximum Gasteiger partial charge on any atom is 0.148 e. The second-order valence-electron chi connectivity index (χ2n) is 2.99. The molecule has 2 aromatic heterocycles. The predicted molar refractivity (Wildman–Crippen MR) is 49.4 cm³/mol. The largest absolute Gasteiger partial charge is 0.248 e. The van der Waals surface area contributed by atoms with Crippen molar-refractivity contribution < 1.29 is 0 Å². The molecule has 0 spiro atoms. The minimum atomic E-state index is 0.625. The Balaban J connectivity index is 2.12. The van der Waals surface area contributed by atoms with Gasteiger partial charge in [0.25, 0.3) is 0 Å². The fourth-order valence-corrected chi connectivity index (χ4v) is 1.27. The van der Waals surface area contributed by atoms with E-state index in [1.54, 1.807) is 17.3 Å². The summed E-state index contributed by atoms with van der Waals surface area (Å²) in [6.45, 7) is 3.63. The summed E-state index contributed by atoms with van der Waals surface area (Å²) in [5.74, 6) is 0.914. The molecule has 6 nitrogen and oxygen atoms in total. The average molecular weight is 192 g/mol. The molecule has 0 saturated carbocycles. The van der Waals surface area contributed by atoms with E-state index in [0.29, 0.717) is 6.54 Å². The fraction of sp³-hybridized carbons (Fsp3) is 0.500. The van der Waals surface area contributed by atoms with Crippen LogP contribution < -0.4 is 0 Å². The van der Waals surface area contributed by atoms with Crippen molar-refractivity contribution in [3.63, 3.8) is 0 Å². The van der Waals surface area contributed by atoms with Crippen LogP contribution in [-0.4, -0.2) is 29.5 Å².